The van der Waals surface area contributed by atoms with E-state index in [1.807, 2.05) is 24.3 Å². The average molecular weight is 344 g/mol. The number of nitrogens with one attached hydrogen (secondary N) is 2. The van der Waals surface area contributed by atoms with Crippen LogP contribution in [0, 0.1) is 0 Å². The minimum Gasteiger partial charge on any atom is -0.490 e. The Balaban J connectivity index is 1.88. The Hall–Kier alpha value is -2.50. The van der Waals surface area contributed by atoms with Crippen LogP contribution in [0.25, 0.3) is 0 Å². The van der Waals surface area contributed by atoms with Crippen LogP contribution in [0.5, 0.6) is 5.75 Å². The normalized spacial score (nSPS) is 20.9. The van der Waals surface area contributed by atoms with Gasteiger partial charge in [0, 0.05) is 5.70 Å². The van der Waals surface area contributed by atoms with Gasteiger partial charge in [0.15, 0.2) is 0 Å². The van der Waals surface area contributed by atoms with Crippen molar-refractivity contribution in [3.05, 3.63) is 41.1 Å². The summed E-state index contributed by atoms with van der Waals surface area (Å²) >= 11 is 0. The lowest BCUT2D eigenvalue weighted by Gasteiger charge is -2.28. The summed E-state index contributed by atoms with van der Waals surface area (Å²) in [6, 6.07) is 6.67. The van der Waals surface area contributed by atoms with Crippen molar-refractivity contribution < 1.29 is 19.1 Å². The van der Waals surface area contributed by atoms with Crippen molar-refractivity contribution in [2.45, 2.75) is 51.7 Å². The van der Waals surface area contributed by atoms with Crippen molar-refractivity contribution >= 4 is 12.0 Å². The van der Waals surface area contributed by atoms with Gasteiger partial charge in [-0.05, 0) is 57.2 Å². The molecule has 0 unspecified atom stereocenters. The maximum Gasteiger partial charge on any atom is 0.338 e. The van der Waals surface area contributed by atoms with Crippen LogP contribution in [0.4, 0.5) is 4.79 Å². The molecule has 25 heavy (non-hydrogen) atoms. The van der Waals surface area contributed by atoms with Gasteiger partial charge >= 0.3 is 12.0 Å². The number of hydrogen-bond donors (Lipinski definition) is 2. The summed E-state index contributed by atoms with van der Waals surface area (Å²) in [6.07, 6.45) is 4.79. The first kappa shape index (κ1) is 17.3. The molecule has 2 aliphatic rings. The van der Waals surface area contributed by atoms with Gasteiger partial charge in [-0.3, -0.25) is 0 Å². The van der Waals surface area contributed by atoms with Crippen LogP contribution in [0.2, 0.25) is 0 Å². The van der Waals surface area contributed by atoms with Gasteiger partial charge in [-0.25, -0.2) is 9.59 Å². The van der Waals surface area contributed by atoms with Gasteiger partial charge in [-0.1, -0.05) is 12.1 Å². The van der Waals surface area contributed by atoms with Crippen LogP contribution in [-0.4, -0.2) is 24.7 Å². The summed E-state index contributed by atoms with van der Waals surface area (Å²) in [4.78, 5) is 24.3. The lowest BCUT2D eigenvalue weighted by atomic mass is 9.95. The molecule has 1 heterocycles. The van der Waals surface area contributed by atoms with Gasteiger partial charge < -0.3 is 20.1 Å². The van der Waals surface area contributed by atoms with E-state index in [-0.39, 0.29) is 18.7 Å². The maximum atomic E-state index is 12.4. The molecule has 2 amide bonds. The fourth-order valence-electron chi connectivity index (χ4n) is 3.39. The number of carbonyl (C=O) groups excluding carboxylic acids is 2. The fourth-order valence-corrected chi connectivity index (χ4v) is 3.39. The van der Waals surface area contributed by atoms with E-state index >= 15 is 0 Å². The van der Waals surface area contributed by atoms with Gasteiger partial charge in [0.2, 0.25) is 0 Å². The predicted octanol–water partition coefficient (Wildman–Crippen LogP) is 3.20. The van der Waals surface area contributed by atoms with Gasteiger partial charge in [0.25, 0.3) is 0 Å². The standard InChI is InChI=1S/C19H24N2O4/c1-3-24-18(22)16-12(2)20-19(23)21-17(16)13-7-6-10-15(11-13)25-14-8-4-5-9-14/h6-7,10-11,14,17H,3-5,8-9H2,1-2H3,(H2,20,21,23)/t17-/m0/s1. The zero-order valence-electron chi connectivity index (χ0n) is 14.6. The van der Waals surface area contributed by atoms with E-state index in [9.17, 15) is 9.59 Å². The van der Waals surface area contributed by atoms with Crippen molar-refractivity contribution in [2.24, 2.45) is 0 Å². The average Bonchev–Trinajstić information content (AvgIpc) is 3.07. The van der Waals surface area contributed by atoms with Crippen molar-refractivity contribution in [3.8, 4) is 5.75 Å². The van der Waals surface area contributed by atoms with Gasteiger partial charge in [0.1, 0.15) is 5.75 Å². The van der Waals surface area contributed by atoms with E-state index < -0.39 is 12.0 Å². The molecule has 1 aliphatic carbocycles. The van der Waals surface area contributed by atoms with Crippen LogP contribution in [0.15, 0.2) is 35.5 Å². The van der Waals surface area contributed by atoms with Crippen LogP contribution in [0.1, 0.15) is 51.1 Å². The van der Waals surface area contributed by atoms with Crippen molar-refractivity contribution in [1.29, 1.82) is 0 Å². The van der Waals surface area contributed by atoms with E-state index in [1.54, 1.807) is 13.8 Å². The number of urea groups is 1. The predicted molar refractivity (Wildman–Crippen MR) is 93.1 cm³/mol. The summed E-state index contributed by atoms with van der Waals surface area (Å²) in [5.74, 6) is 0.331. The monoisotopic (exact) mass is 344 g/mol. The molecule has 0 saturated heterocycles. The zero-order valence-corrected chi connectivity index (χ0v) is 14.6. The number of benzene rings is 1. The van der Waals surface area contributed by atoms with Crippen LogP contribution < -0.4 is 15.4 Å². The molecule has 134 valence electrons. The van der Waals surface area contributed by atoms with Crippen molar-refractivity contribution in [1.82, 2.24) is 10.6 Å². The third kappa shape index (κ3) is 3.95. The molecule has 1 aromatic rings. The Morgan fingerprint density at radius 3 is 2.76 bits per heavy atom. The highest BCUT2D eigenvalue weighted by molar-refractivity contribution is 5.95. The molecule has 0 bridgehead atoms. The number of hydrogen-bond acceptors (Lipinski definition) is 4. The molecule has 2 N–H and O–H groups in total. The first-order chi connectivity index (χ1) is 12.1. The first-order valence-electron chi connectivity index (χ1n) is 8.80. The van der Waals surface area contributed by atoms with Gasteiger partial charge in [0.05, 0.1) is 24.3 Å². The summed E-state index contributed by atoms with van der Waals surface area (Å²) in [7, 11) is 0. The smallest absolute Gasteiger partial charge is 0.338 e. The Morgan fingerprint density at radius 2 is 2.04 bits per heavy atom. The maximum absolute atomic E-state index is 12.4. The molecule has 0 aromatic heterocycles. The minimum absolute atomic E-state index is 0.250. The molecule has 1 aliphatic heterocycles. The van der Waals surface area contributed by atoms with E-state index in [1.165, 1.54) is 12.8 Å². The lowest BCUT2D eigenvalue weighted by Crippen LogP contribution is -2.45. The molecule has 1 fully saturated rings. The Morgan fingerprint density at radius 1 is 1.28 bits per heavy atom. The van der Waals surface area contributed by atoms with E-state index in [2.05, 4.69) is 10.6 Å². The van der Waals surface area contributed by atoms with Crippen molar-refractivity contribution in [2.75, 3.05) is 6.61 Å². The Bertz CT molecular complexity index is 692. The minimum atomic E-state index is -0.556. The quantitative estimate of drug-likeness (QED) is 0.804. The number of esters is 1. The Kier molecular flexibility index (Phi) is 5.26. The fraction of sp³-hybridized carbons (Fsp3) is 0.474. The lowest BCUT2D eigenvalue weighted by molar-refractivity contribution is -0.139. The number of allylic oxidation sites excluding steroid dienone is 1. The second-order valence-corrected chi connectivity index (χ2v) is 6.39. The topological polar surface area (TPSA) is 76.7 Å². The number of amides is 2. The molecular weight excluding hydrogens is 320 g/mol. The van der Waals surface area contributed by atoms with E-state index in [0.29, 0.717) is 11.3 Å². The molecule has 6 nitrogen and oxygen atoms in total. The summed E-state index contributed by atoms with van der Waals surface area (Å²) in [6.45, 7) is 3.74. The molecule has 0 radical (unpaired) electrons. The number of rotatable bonds is 5. The second-order valence-electron chi connectivity index (χ2n) is 6.39. The van der Waals surface area contributed by atoms with Crippen LogP contribution >= 0.6 is 0 Å². The highest BCUT2D eigenvalue weighted by Crippen LogP contribution is 2.31. The largest absolute Gasteiger partial charge is 0.490 e. The summed E-state index contributed by atoms with van der Waals surface area (Å²) in [5, 5.41) is 5.45. The SMILES string of the molecule is CCOC(=O)C1=C(C)NC(=O)N[C@H]1c1cccc(OC2CCCC2)c1. The van der Waals surface area contributed by atoms with E-state index in [4.69, 9.17) is 9.47 Å². The van der Waals surface area contributed by atoms with Gasteiger partial charge in [-0.15, -0.1) is 0 Å². The highest BCUT2D eigenvalue weighted by Gasteiger charge is 2.32. The summed E-state index contributed by atoms with van der Waals surface area (Å²) in [5.41, 5.74) is 1.72. The third-order valence-electron chi connectivity index (χ3n) is 4.56. The number of ether oxygens (including phenoxy) is 2. The molecule has 3 rings (SSSR count). The summed E-state index contributed by atoms with van der Waals surface area (Å²) < 4.78 is 11.2. The second kappa shape index (κ2) is 7.59. The first-order valence-corrected chi connectivity index (χ1v) is 8.80. The molecule has 6 heteroatoms. The molecular formula is C19H24N2O4. The zero-order chi connectivity index (χ0) is 17.8. The highest BCUT2D eigenvalue weighted by atomic mass is 16.5. The van der Waals surface area contributed by atoms with E-state index in [0.717, 1.165) is 24.2 Å². The Labute approximate surface area is 147 Å². The van der Waals surface area contributed by atoms with Gasteiger partial charge in [-0.2, -0.15) is 0 Å². The van der Waals surface area contributed by atoms with Crippen LogP contribution in [-0.2, 0) is 9.53 Å². The third-order valence-corrected chi connectivity index (χ3v) is 4.56. The number of carbonyl (C=O) groups is 2. The van der Waals surface area contributed by atoms with Crippen molar-refractivity contribution in [3.63, 3.8) is 0 Å². The molecule has 0 spiro atoms. The molecule has 1 aromatic carbocycles. The molecule has 1 saturated carbocycles. The van der Waals surface area contributed by atoms with Crippen LogP contribution in [0.3, 0.4) is 0 Å². The molecule has 1 atom stereocenters.